The summed E-state index contributed by atoms with van der Waals surface area (Å²) in [4.78, 5) is 14.8. The molecule has 1 amide bonds. The van der Waals surface area contributed by atoms with Gasteiger partial charge in [-0.3, -0.25) is 4.79 Å². The molecule has 2 aromatic rings. The van der Waals surface area contributed by atoms with E-state index in [0.29, 0.717) is 17.1 Å². The zero-order valence-corrected chi connectivity index (χ0v) is 13.8. The van der Waals surface area contributed by atoms with Crippen LogP contribution in [0.5, 0.6) is 0 Å². The van der Waals surface area contributed by atoms with Crippen LogP contribution in [0, 0.1) is 0 Å². The number of benzene rings is 2. The van der Waals surface area contributed by atoms with E-state index in [1.807, 2.05) is 53.4 Å². The summed E-state index contributed by atoms with van der Waals surface area (Å²) in [5.74, 6) is 0.0732. The Balaban J connectivity index is 1.88. The van der Waals surface area contributed by atoms with E-state index in [1.54, 1.807) is 0 Å². The van der Waals surface area contributed by atoms with E-state index in [-0.39, 0.29) is 11.9 Å². The number of hydrogen-bond donors (Lipinski definition) is 1. The van der Waals surface area contributed by atoms with Crippen LogP contribution in [0.3, 0.4) is 0 Å². The van der Waals surface area contributed by atoms with E-state index >= 15 is 0 Å². The molecule has 4 heteroatoms. The van der Waals surface area contributed by atoms with Crippen molar-refractivity contribution in [3.8, 4) is 11.1 Å². The largest absolute Gasteiger partial charge is 0.334 e. The second-order valence-electron chi connectivity index (χ2n) is 5.98. The summed E-state index contributed by atoms with van der Waals surface area (Å²) in [6.45, 7) is 1.32. The number of carbonyl (C=O) groups is 1. The van der Waals surface area contributed by atoms with Crippen molar-refractivity contribution in [2.45, 2.75) is 25.3 Å². The predicted molar refractivity (Wildman–Crippen MR) is 94.6 cm³/mol. The van der Waals surface area contributed by atoms with Crippen molar-refractivity contribution >= 4 is 17.5 Å². The van der Waals surface area contributed by atoms with Crippen molar-refractivity contribution in [2.24, 2.45) is 5.73 Å². The highest BCUT2D eigenvalue weighted by Gasteiger charge is 2.26. The molecule has 3 rings (SSSR count). The smallest absolute Gasteiger partial charge is 0.254 e. The lowest BCUT2D eigenvalue weighted by Crippen LogP contribution is -2.47. The molecule has 1 aliphatic heterocycles. The average Bonchev–Trinajstić information content (AvgIpc) is 2.61. The number of nitrogens with two attached hydrogens (primary N) is 1. The Hall–Kier alpha value is -1.84. The van der Waals surface area contributed by atoms with Gasteiger partial charge in [-0.05, 0) is 54.7 Å². The molecule has 0 saturated carbocycles. The maximum Gasteiger partial charge on any atom is 0.254 e. The standard InChI is InChI=1S/C19H21ClN2O/c20-17-8-4-6-15(12-17)14-5-3-7-16(11-14)19(23)22-10-2-1-9-18(22)13-21/h3-8,11-12,18H,1-2,9-10,13,21H2. The van der Waals surface area contributed by atoms with Gasteiger partial charge < -0.3 is 10.6 Å². The first kappa shape index (κ1) is 16.0. The summed E-state index contributed by atoms with van der Waals surface area (Å²) in [6.07, 6.45) is 3.20. The van der Waals surface area contributed by atoms with Crippen LogP contribution in [0.15, 0.2) is 48.5 Å². The SMILES string of the molecule is NCC1CCCCN1C(=O)c1cccc(-c2cccc(Cl)c2)c1. The molecule has 23 heavy (non-hydrogen) atoms. The lowest BCUT2D eigenvalue weighted by molar-refractivity contribution is 0.0623. The third-order valence-corrected chi connectivity index (χ3v) is 4.66. The molecule has 1 aliphatic rings. The molecule has 1 unspecified atom stereocenters. The van der Waals surface area contributed by atoms with Gasteiger partial charge in [0.15, 0.2) is 0 Å². The van der Waals surface area contributed by atoms with Crippen LogP contribution < -0.4 is 5.73 Å². The first-order valence-electron chi connectivity index (χ1n) is 8.06. The zero-order chi connectivity index (χ0) is 16.2. The predicted octanol–water partition coefficient (Wildman–Crippen LogP) is 3.96. The average molecular weight is 329 g/mol. The molecular weight excluding hydrogens is 308 g/mol. The number of likely N-dealkylation sites (tertiary alicyclic amines) is 1. The summed E-state index contributed by atoms with van der Waals surface area (Å²) in [5.41, 5.74) is 8.56. The van der Waals surface area contributed by atoms with Crippen LogP contribution in [0.2, 0.25) is 5.02 Å². The Morgan fingerprint density at radius 3 is 2.61 bits per heavy atom. The van der Waals surface area contributed by atoms with Crippen LogP contribution in [0.1, 0.15) is 29.6 Å². The van der Waals surface area contributed by atoms with Crippen molar-refractivity contribution in [3.63, 3.8) is 0 Å². The molecule has 2 N–H and O–H groups in total. The molecule has 1 fully saturated rings. The van der Waals surface area contributed by atoms with E-state index in [4.69, 9.17) is 17.3 Å². The fourth-order valence-corrected chi connectivity index (χ4v) is 3.37. The summed E-state index contributed by atoms with van der Waals surface area (Å²) in [5, 5.41) is 0.693. The van der Waals surface area contributed by atoms with Gasteiger partial charge in [-0.1, -0.05) is 35.9 Å². The maximum absolute atomic E-state index is 12.9. The van der Waals surface area contributed by atoms with Crippen LogP contribution >= 0.6 is 11.6 Å². The zero-order valence-electron chi connectivity index (χ0n) is 13.0. The summed E-state index contributed by atoms with van der Waals surface area (Å²) >= 11 is 6.07. The Morgan fingerprint density at radius 2 is 1.87 bits per heavy atom. The Labute approximate surface area is 142 Å². The molecule has 1 heterocycles. The number of amides is 1. The number of rotatable bonds is 3. The Kier molecular flexibility index (Phi) is 4.99. The highest BCUT2D eigenvalue weighted by Crippen LogP contribution is 2.25. The lowest BCUT2D eigenvalue weighted by atomic mass is 9.99. The molecule has 0 bridgehead atoms. The minimum atomic E-state index is 0.0732. The van der Waals surface area contributed by atoms with Gasteiger partial charge in [0, 0.05) is 29.7 Å². The molecule has 1 saturated heterocycles. The van der Waals surface area contributed by atoms with Gasteiger partial charge >= 0.3 is 0 Å². The number of hydrogen-bond acceptors (Lipinski definition) is 2. The highest BCUT2D eigenvalue weighted by atomic mass is 35.5. The molecule has 0 aliphatic carbocycles. The van der Waals surface area contributed by atoms with Gasteiger partial charge in [-0.15, -0.1) is 0 Å². The summed E-state index contributed by atoms with van der Waals surface area (Å²) in [7, 11) is 0. The molecule has 2 aromatic carbocycles. The topological polar surface area (TPSA) is 46.3 Å². The number of piperidine rings is 1. The second-order valence-corrected chi connectivity index (χ2v) is 6.41. The van der Waals surface area contributed by atoms with Crippen molar-refractivity contribution in [1.29, 1.82) is 0 Å². The third kappa shape index (κ3) is 3.57. The third-order valence-electron chi connectivity index (χ3n) is 4.43. The molecule has 0 spiro atoms. The van der Waals surface area contributed by atoms with Crippen LogP contribution in [0.4, 0.5) is 0 Å². The minimum absolute atomic E-state index is 0.0732. The van der Waals surface area contributed by atoms with E-state index in [0.717, 1.165) is 36.9 Å². The first-order valence-corrected chi connectivity index (χ1v) is 8.44. The van der Waals surface area contributed by atoms with Crippen molar-refractivity contribution < 1.29 is 4.79 Å². The first-order chi connectivity index (χ1) is 11.2. The molecule has 3 nitrogen and oxygen atoms in total. The fourth-order valence-electron chi connectivity index (χ4n) is 3.18. The van der Waals surface area contributed by atoms with Crippen molar-refractivity contribution in [3.05, 3.63) is 59.1 Å². The van der Waals surface area contributed by atoms with E-state index in [9.17, 15) is 4.79 Å². The van der Waals surface area contributed by atoms with Gasteiger partial charge in [-0.2, -0.15) is 0 Å². The van der Waals surface area contributed by atoms with Gasteiger partial charge in [-0.25, -0.2) is 0 Å². The Morgan fingerprint density at radius 1 is 1.13 bits per heavy atom. The Bertz CT molecular complexity index is 701. The summed E-state index contributed by atoms with van der Waals surface area (Å²) in [6, 6.07) is 15.6. The second kappa shape index (κ2) is 7.16. The number of nitrogens with zero attached hydrogens (tertiary/aromatic N) is 1. The van der Waals surface area contributed by atoms with E-state index in [1.165, 1.54) is 0 Å². The van der Waals surface area contributed by atoms with E-state index in [2.05, 4.69) is 0 Å². The van der Waals surface area contributed by atoms with Crippen LogP contribution in [-0.2, 0) is 0 Å². The molecular formula is C19H21ClN2O. The van der Waals surface area contributed by atoms with Crippen LogP contribution in [-0.4, -0.2) is 29.9 Å². The molecule has 120 valence electrons. The van der Waals surface area contributed by atoms with Gasteiger partial charge in [0.05, 0.1) is 0 Å². The van der Waals surface area contributed by atoms with Gasteiger partial charge in [0.2, 0.25) is 0 Å². The molecule has 0 radical (unpaired) electrons. The number of halogens is 1. The normalized spacial score (nSPS) is 18.0. The molecule has 1 atom stereocenters. The van der Waals surface area contributed by atoms with Crippen molar-refractivity contribution in [1.82, 2.24) is 4.90 Å². The van der Waals surface area contributed by atoms with E-state index < -0.39 is 0 Å². The van der Waals surface area contributed by atoms with Gasteiger partial charge in [0.25, 0.3) is 5.91 Å². The van der Waals surface area contributed by atoms with Crippen molar-refractivity contribution in [2.75, 3.05) is 13.1 Å². The highest BCUT2D eigenvalue weighted by molar-refractivity contribution is 6.30. The monoisotopic (exact) mass is 328 g/mol. The quantitative estimate of drug-likeness (QED) is 0.927. The minimum Gasteiger partial charge on any atom is -0.334 e. The number of carbonyl (C=O) groups excluding carboxylic acids is 1. The fraction of sp³-hybridized carbons (Fsp3) is 0.316. The van der Waals surface area contributed by atoms with Gasteiger partial charge in [0.1, 0.15) is 0 Å². The van der Waals surface area contributed by atoms with Crippen LogP contribution in [0.25, 0.3) is 11.1 Å². The summed E-state index contributed by atoms with van der Waals surface area (Å²) < 4.78 is 0. The lowest BCUT2D eigenvalue weighted by Gasteiger charge is -2.35. The molecule has 0 aromatic heterocycles. The maximum atomic E-state index is 12.9.